The molecule has 0 saturated carbocycles. The molecular weight excluding hydrogens is 919 g/mol. The maximum atomic E-state index is 8.74. The number of rotatable bonds is 0. The minimum absolute atomic E-state index is 0. The Bertz CT molecular complexity index is 1220. The summed E-state index contributed by atoms with van der Waals surface area (Å²) in [7, 11) is -42.0. The summed E-state index contributed by atoms with van der Waals surface area (Å²) in [4.78, 5) is 0. The highest BCUT2D eigenvalue weighted by Crippen LogP contribution is 1.62. The molecule has 36 nitrogen and oxygen atoms in total. The fourth-order valence-electron chi connectivity index (χ4n) is 0. The molecule has 47 heteroatoms. The van der Waals surface area contributed by atoms with Crippen molar-refractivity contribution in [3.63, 3.8) is 0 Å². The molecule has 0 aromatic rings. The zero-order valence-electron chi connectivity index (χ0n) is 19.1. The first-order valence-electron chi connectivity index (χ1n) is 6.29. The monoisotopic (exact) mass is 942 g/mol. The molecule has 0 aromatic heterocycles. The summed E-state index contributed by atoms with van der Waals surface area (Å²) in [6, 6.07) is 0. The van der Waals surface area contributed by atoms with Crippen LogP contribution in [0, 0.1) is 0 Å². The zero-order valence-corrected chi connectivity index (χ0v) is 26.4. The summed E-state index contributed by atoms with van der Waals surface area (Å²) in [5, 5.41) is 0. The molecule has 47 heavy (non-hydrogen) atoms. The fraction of sp³-hybridized carbons (Fsp3) is 0. The summed E-state index contributed by atoms with van der Waals surface area (Å²) >= 11 is 0. The van der Waals surface area contributed by atoms with Gasteiger partial charge in [0, 0.05) is 0 Å². The molecule has 0 spiro atoms. The smallest absolute Gasteiger partial charge is 0.264 e. The van der Waals surface area contributed by atoms with Crippen LogP contribution in [0.15, 0.2) is 0 Å². The maximum absolute atomic E-state index is 8.74. The summed E-state index contributed by atoms with van der Waals surface area (Å²) in [5.41, 5.74) is 0. The predicted octanol–water partition coefficient (Wildman–Crippen LogP) is -8.24. The highest BCUT2D eigenvalue weighted by atomic mass is 32.3. The number of hydrogen-bond donors (Lipinski definition) is 18. The lowest BCUT2D eigenvalue weighted by atomic mass is 15.8. The van der Waals surface area contributed by atoms with E-state index in [0.29, 0.717) is 0 Å². The second-order valence-corrected chi connectivity index (χ2v) is 12.1. The summed E-state index contributed by atoms with van der Waals surface area (Å²) in [6.07, 6.45) is 0. The van der Waals surface area contributed by atoms with E-state index in [1.54, 1.807) is 0 Å². The molecule has 0 amide bonds. The minimum atomic E-state index is -4.67. The predicted molar refractivity (Wildman–Crippen MR) is 147 cm³/mol. The molecule has 0 saturated heterocycles. The van der Waals surface area contributed by atoms with Gasteiger partial charge in [-0.2, -0.15) is 75.8 Å². The molecule has 0 heterocycles. The van der Waals surface area contributed by atoms with Crippen LogP contribution in [0.25, 0.3) is 0 Å². The third-order valence-electron chi connectivity index (χ3n) is 0. The third kappa shape index (κ3) is 8010000. The molecule has 0 unspecified atom stereocenters. The Morgan fingerprint density at radius 3 is 0.149 bits per heavy atom. The lowest BCUT2D eigenvalue weighted by molar-refractivity contribution is 0.378. The molecule has 18 N–H and O–H groups in total. The molecule has 0 rings (SSSR count). The van der Waals surface area contributed by atoms with Gasteiger partial charge in [-0.25, -0.2) is 0 Å². The van der Waals surface area contributed by atoms with E-state index in [1.807, 2.05) is 0 Å². The molecule has 0 bridgehead atoms. The van der Waals surface area contributed by atoms with Crippen molar-refractivity contribution >= 4 is 128 Å². The second-order valence-electron chi connectivity index (χ2n) is 4.03. The highest BCUT2D eigenvalue weighted by molar-refractivity contribution is 7.81. The van der Waals surface area contributed by atoms with Gasteiger partial charge in [-0.15, -0.1) is 0 Å². The maximum Gasteiger partial charge on any atom is 0.394 e. The summed E-state index contributed by atoms with van der Waals surface area (Å²) < 4.78 is 284. The van der Waals surface area contributed by atoms with Crippen molar-refractivity contribution in [2.24, 2.45) is 0 Å². The molecule has 0 atom stereocenters. The molecule has 0 radical (unpaired) electrons. The lowest BCUT2D eigenvalue weighted by Crippen LogP contribution is -1.89. The Balaban J connectivity index is -0.0000000343. The van der Waals surface area contributed by atoms with Crippen LogP contribution in [-0.4, -0.2) is 192 Å². The van der Waals surface area contributed by atoms with Gasteiger partial charge in [-0.3, -0.25) is 81.9 Å². The minimum Gasteiger partial charge on any atom is -0.264 e. The Morgan fingerprint density at radius 1 is 0.149 bits per heavy atom. The first-order chi connectivity index (χ1) is 18.0. The Labute approximate surface area is 284 Å². The fourth-order valence-corrected chi connectivity index (χ4v) is 0. The standard InChI is InChI=1S/2Al.9H2O4S.6H/c;;9*1-5(2,3)4;;;;;;/h;;9*(H2,1,2,3,4);;;;;;. The Morgan fingerprint density at radius 2 is 0.149 bits per heavy atom. The topological polar surface area (TPSA) is 671 Å². The van der Waals surface area contributed by atoms with Gasteiger partial charge in [0.05, 0.1) is 0 Å². The van der Waals surface area contributed by atoms with E-state index >= 15 is 0 Å². The molecule has 0 aromatic carbocycles. The molecule has 0 fully saturated rings. The largest absolute Gasteiger partial charge is 0.394 e. The average molecular weight is 943 g/mol. The van der Waals surface area contributed by atoms with Crippen molar-refractivity contribution in [1.82, 2.24) is 0 Å². The van der Waals surface area contributed by atoms with Crippen LogP contribution in [0.5, 0.6) is 0 Å². The van der Waals surface area contributed by atoms with Gasteiger partial charge >= 0.3 is 93.6 Å². The molecule has 0 aliphatic carbocycles. The van der Waals surface area contributed by atoms with E-state index < -0.39 is 93.6 Å². The van der Waals surface area contributed by atoms with E-state index in [-0.39, 0.29) is 34.7 Å². The van der Waals surface area contributed by atoms with E-state index in [2.05, 4.69) is 0 Å². The first kappa shape index (κ1) is 76.7. The van der Waals surface area contributed by atoms with Gasteiger partial charge in [0.2, 0.25) is 0 Å². The molecule has 0 aliphatic heterocycles. The Hall–Kier alpha value is -0.105. The van der Waals surface area contributed by atoms with Crippen LogP contribution in [0.4, 0.5) is 0 Å². The van der Waals surface area contributed by atoms with Crippen molar-refractivity contribution < 1.29 is 158 Å². The van der Waals surface area contributed by atoms with Crippen LogP contribution >= 0.6 is 0 Å². The van der Waals surface area contributed by atoms with Crippen molar-refractivity contribution in [3.8, 4) is 0 Å². The molecule has 0 aliphatic rings. The van der Waals surface area contributed by atoms with Crippen molar-refractivity contribution in [2.75, 3.05) is 0 Å². The normalized spacial score (nSPS) is 11.1. The van der Waals surface area contributed by atoms with Gasteiger partial charge in [0.15, 0.2) is 34.7 Å². The Kier molecular flexibility index (Phi) is 51.9. The van der Waals surface area contributed by atoms with Gasteiger partial charge in [0.1, 0.15) is 0 Å². The quantitative estimate of drug-likeness (QED) is 0.0792. The van der Waals surface area contributed by atoms with Crippen LogP contribution in [0.2, 0.25) is 0 Å². The van der Waals surface area contributed by atoms with Crippen molar-refractivity contribution in [3.05, 3.63) is 0 Å². The van der Waals surface area contributed by atoms with Gasteiger partial charge in [-0.1, -0.05) is 0 Å². The van der Waals surface area contributed by atoms with Crippen LogP contribution < -0.4 is 0 Å². The van der Waals surface area contributed by atoms with Crippen molar-refractivity contribution in [2.45, 2.75) is 0 Å². The highest BCUT2D eigenvalue weighted by Gasteiger charge is 1.88. The average Bonchev–Trinajstić information content (AvgIpc) is 2.26. The molecule has 300 valence electrons. The first-order valence-corrected chi connectivity index (χ1v) is 18.9. The van der Waals surface area contributed by atoms with E-state index in [9.17, 15) is 0 Å². The summed E-state index contributed by atoms with van der Waals surface area (Å²) in [6.45, 7) is 0. The van der Waals surface area contributed by atoms with Crippen LogP contribution in [0.3, 0.4) is 0 Å². The zero-order chi connectivity index (χ0) is 40.5. The van der Waals surface area contributed by atoms with E-state index in [4.69, 9.17) is 158 Å². The van der Waals surface area contributed by atoms with Gasteiger partial charge in [0.25, 0.3) is 0 Å². The lowest BCUT2D eigenvalue weighted by Gasteiger charge is -1.68. The van der Waals surface area contributed by atoms with Crippen LogP contribution in [0.1, 0.15) is 0 Å². The number of hydrogen-bond acceptors (Lipinski definition) is 18. The van der Waals surface area contributed by atoms with E-state index in [1.165, 1.54) is 0 Å². The SMILES string of the molecule is O=S(=O)(O)O.O=S(=O)(O)O.O=S(=O)(O)O.O=S(=O)(O)O.O=S(=O)(O)O.O=S(=O)(O)O.O=S(=O)(O)O.O=S(=O)(O)O.O=S(=O)(O)O.[AlH3].[AlH3]. The van der Waals surface area contributed by atoms with Crippen molar-refractivity contribution in [1.29, 1.82) is 0 Å². The van der Waals surface area contributed by atoms with E-state index in [0.717, 1.165) is 0 Å². The second kappa shape index (κ2) is 31.8. The summed E-state index contributed by atoms with van der Waals surface area (Å²) in [5.74, 6) is 0. The molecular formula is H24Al2O36S9. The van der Waals surface area contributed by atoms with Gasteiger partial charge in [-0.05, 0) is 0 Å². The van der Waals surface area contributed by atoms with Gasteiger partial charge < -0.3 is 0 Å². The third-order valence-corrected chi connectivity index (χ3v) is 0. The van der Waals surface area contributed by atoms with Crippen LogP contribution in [-0.2, 0) is 93.6 Å².